The molecule has 2 heterocycles. The maximum Gasteiger partial charge on any atom is 0.231 e. The Hall–Kier alpha value is -2.63. The number of benzene rings is 1. The van der Waals surface area contributed by atoms with E-state index in [1.165, 1.54) is 25.7 Å². The Morgan fingerprint density at radius 2 is 1.70 bits per heavy atom. The fourth-order valence-corrected chi connectivity index (χ4v) is 4.24. The van der Waals surface area contributed by atoms with Crippen LogP contribution in [0.2, 0.25) is 0 Å². The normalized spacial score (nSPS) is 19.2. The highest BCUT2D eigenvalue weighted by Gasteiger charge is 2.40. The quantitative estimate of drug-likeness (QED) is 0.692. The Morgan fingerprint density at radius 3 is 2.37 bits per heavy atom. The maximum absolute atomic E-state index is 6.14. The van der Waals surface area contributed by atoms with E-state index in [-0.39, 0.29) is 0 Å². The molecule has 2 aliphatic carbocycles. The lowest BCUT2D eigenvalue weighted by atomic mass is 10.1. The molecule has 2 saturated carbocycles. The minimum atomic E-state index is 0.290. The predicted molar refractivity (Wildman–Crippen MR) is 108 cm³/mol. The van der Waals surface area contributed by atoms with Gasteiger partial charge < -0.3 is 15.6 Å². The van der Waals surface area contributed by atoms with E-state index in [0.29, 0.717) is 23.9 Å². The average Bonchev–Trinajstić information content (AvgIpc) is 3.57. The molecule has 0 amide bonds. The van der Waals surface area contributed by atoms with E-state index in [1.54, 1.807) is 0 Å². The summed E-state index contributed by atoms with van der Waals surface area (Å²) in [6, 6.07) is 9.04. The second-order valence-corrected chi connectivity index (χ2v) is 8.13. The van der Waals surface area contributed by atoms with Crippen LogP contribution in [-0.2, 0) is 0 Å². The van der Waals surface area contributed by atoms with Crippen LogP contribution in [0.4, 0.5) is 11.9 Å². The number of anilines is 2. The van der Waals surface area contributed by atoms with E-state index in [0.717, 1.165) is 34.3 Å². The lowest BCUT2D eigenvalue weighted by Crippen LogP contribution is -2.44. The third kappa shape index (κ3) is 3.03. The predicted octanol–water partition coefficient (Wildman–Crippen LogP) is 4.01. The Balaban J connectivity index is 1.60. The van der Waals surface area contributed by atoms with Crippen molar-refractivity contribution < 1.29 is 0 Å². The summed E-state index contributed by atoms with van der Waals surface area (Å²) < 4.78 is 0. The van der Waals surface area contributed by atoms with Gasteiger partial charge in [0.15, 0.2) is 5.82 Å². The van der Waals surface area contributed by atoms with E-state index in [9.17, 15) is 0 Å². The molecule has 0 radical (unpaired) electrons. The average molecular weight is 362 g/mol. The first-order valence-electron chi connectivity index (χ1n) is 9.98. The molecule has 2 aromatic heterocycles. The van der Waals surface area contributed by atoms with Crippen LogP contribution in [0.25, 0.3) is 22.3 Å². The van der Waals surface area contributed by atoms with Crippen LogP contribution < -0.4 is 10.6 Å². The molecule has 3 aromatic rings. The number of aromatic amines is 1. The monoisotopic (exact) mass is 362 g/mol. The molecular formula is C21H26N6. The number of fused-ring (bicyclic) bond motifs is 1. The molecule has 6 heteroatoms. The fraction of sp³-hybridized carbons (Fsp3) is 0.476. The van der Waals surface area contributed by atoms with Crippen molar-refractivity contribution in [3.63, 3.8) is 0 Å². The molecule has 1 aromatic carbocycles. The summed E-state index contributed by atoms with van der Waals surface area (Å²) in [5, 5.41) is 1.10. The van der Waals surface area contributed by atoms with Gasteiger partial charge in [-0.1, -0.05) is 12.1 Å². The zero-order valence-corrected chi connectivity index (χ0v) is 15.9. The summed E-state index contributed by atoms with van der Waals surface area (Å²) in [7, 11) is 0. The third-order valence-corrected chi connectivity index (χ3v) is 6.19. The number of H-pyrrole nitrogens is 1. The lowest BCUT2D eigenvalue weighted by Gasteiger charge is -2.35. The first-order valence-corrected chi connectivity index (χ1v) is 9.98. The van der Waals surface area contributed by atoms with E-state index in [4.69, 9.17) is 10.7 Å². The largest absolute Gasteiger partial charge is 0.368 e. The smallest absolute Gasteiger partial charge is 0.231 e. The number of nitrogens with zero attached hydrogens (tertiary/aromatic N) is 4. The van der Waals surface area contributed by atoms with Gasteiger partial charge in [-0.15, -0.1) is 0 Å². The SMILES string of the molecule is C[C@H](C1CC1)N(c1nc(N)nc(-c2cccc3[nH]ccc23)n1)[C@H](C)C1CC1. The summed E-state index contributed by atoms with van der Waals surface area (Å²) in [4.78, 5) is 19.6. The molecular weight excluding hydrogens is 336 g/mol. The number of nitrogens with two attached hydrogens (primary N) is 1. The van der Waals surface area contributed by atoms with E-state index in [2.05, 4.69) is 45.8 Å². The van der Waals surface area contributed by atoms with Crippen LogP contribution in [0.1, 0.15) is 39.5 Å². The maximum atomic E-state index is 6.14. The topological polar surface area (TPSA) is 83.7 Å². The lowest BCUT2D eigenvalue weighted by molar-refractivity contribution is 0.467. The van der Waals surface area contributed by atoms with Crippen molar-refractivity contribution >= 4 is 22.8 Å². The number of hydrogen-bond acceptors (Lipinski definition) is 5. The summed E-state index contributed by atoms with van der Waals surface area (Å²) in [6.45, 7) is 4.62. The van der Waals surface area contributed by atoms with Crippen LogP contribution in [0.5, 0.6) is 0 Å². The molecule has 140 valence electrons. The summed E-state index contributed by atoms with van der Waals surface area (Å²) in [6.07, 6.45) is 7.13. The Morgan fingerprint density at radius 1 is 1.00 bits per heavy atom. The first-order chi connectivity index (χ1) is 13.1. The number of aromatic nitrogens is 4. The van der Waals surface area contributed by atoms with Crippen molar-refractivity contribution in [2.75, 3.05) is 10.6 Å². The highest BCUT2D eigenvalue weighted by molar-refractivity contribution is 5.93. The van der Waals surface area contributed by atoms with Crippen molar-refractivity contribution in [3.05, 3.63) is 30.5 Å². The van der Waals surface area contributed by atoms with Crippen molar-refractivity contribution in [2.45, 2.75) is 51.6 Å². The van der Waals surface area contributed by atoms with Gasteiger partial charge >= 0.3 is 0 Å². The van der Waals surface area contributed by atoms with Crippen molar-refractivity contribution in [2.24, 2.45) is 11.8 Å². The molecule has 0 spiro atoms. The minimum absolute atomic E-state index is 0.290. The summed E-state index contributed by atoms with van der Waals surface area (Å²) in [5.41, 5.74) is 8.20. The first kappa shape index (κ1) is 16.5. The van der Waals surface area contributed by atoms with Gasteiger partial charge in [0.1, 0.15) is 0 Å². The minimum Gasteiger partial charge on any atom is -0.368 e. The van der Waals surface area contributed by atoms with Gasteiger partial charge in [-0.3, -0.25) is 0 Å². The highest BCUT2D eigenvalue weighted by atomic mass is 15.3. The molecule has 6 nitrogen and oxygen atoms in total. The van der Waals surface area contributed by atoms with E-state index in [1.807, 2.05) is 18.3 Å². The van der Waals surface area contributed by atoms with Gasteiger partial charge in [-0.25, -0.2) is 0 Å². The molecule has 0 unspecified atom stereocenters. The fourth-order valence-electron chi connectivity index (χ4n) is 4.24. The highest BCUT2D eigenvalue weighted by Crippen LogP contribution is 2.42. The van der Waals surface area contributed by atoms with Crippen molar-refractivity contribution in [1.29, 1.82) is 0 Å². The Labute approximate surface area is 159 Å². The molecule has 2 aliphatic rings. The molecule has 2 atom stereocenters. The van der Waals surface area contributed by atoms with Gasteiger partial charge in [-0.2, -0.15) is 15.0 Å². The second-order valence-electron chi connectivity index (χ2n) is 8.13. The van der Waals surface area contributed by atoms with Gasteiger partial charge in [0.25, 0.3) is 0 Å². The standard InChI is InChI=1S/C21H26N6/c1-12(14-6-7-14)27(13(2)15-8-9-15)21-25-19(24-20(22)26-21)17-4-3-5-18-16(17)10-11-23-18/h3-5,10-15,23H,6-9H2,1-2H3,(H2,22,24,25,26)/t12-,13-/m1/s1. The van der Waals surface area contributed by atoms with Gasteiger partial charge in [0.05, 0.1) is 0 Å². The number of hydrogen-bond donors (Lipinski definition) is 2. The van der Waals surface area contributed by atoms with Gasteiger partial charge in [0.2, 0.25) is 11.9 Å². The molecule has 0 bridgehead atoms. The van der Waals surface area contributed by atoms with E-state index < -0.39 is 0 Å². The number of nitrogen functional groups attached to an aromatic ring is 1. The zero-order chi connectivity index (χ0) is 18.5. The molecule has 0 aliphatic heterocycles. The van der Waals surface area contributed by atoms with Crippen LogP contribution in [0.3, 0.4) is 0 Å². The van der Waals surface area contributed by atoms with Crippen LogP contribution in [0.15, 0.2) is 30.5 Å². The summed E-state index contributed by atoms with van der Waals surface area (Å²) in [5.74, 6) is 3.14. The molecule has 2 fully saturated rings. The van der Waals surface area contributed by atoms with Gasteiger partial charge in [-0.05, 0) is 63.5 Å². The van der Waals surface area contributed by atoms with Crippen LogP contribution in [-0.4, -0.2) is 32.0 Å². The summed E-state index contributed by atoms with van der Waals surface area (Å²) >= 11 is 0. The zero-order valence-electron chi connectivity index (χ0n) is 15.9. The molecule has 5 rings (SSSR count). The number of rotatable bonds is 6. The molecule has 3 N–H and O–H groups in total. The number of nitrogens with one attached hydrogen (secondary N) is 1. The van der Waals surface area contributed by atoms with Crippen LogP contribution >= 0.6 is 0 Å². The third-order valence-electron chi connectivity index (χ3n) is 6.19. The Bertz CT molecular complexity index is 954. The van der Waals surface area contributed by atoms with Crippen LogP contribution in [0, 0.1) is 11.8 Å². The van der Waals surface area contributed by atoms with E-state index >= 15 is 0 Å². The Kier molecular flexibility index (Phi) is 3.81. The second kappa shape index (κ2) is 6.22. The molecule has 0 saturated heterocycles. The van der Waals surface area contributed by atoms with Crippen molar-refractivity contribution in [1.82, 2.24) is 19.9 Å². The van der Waals surface area contributed by atoms with Gasteiger partial charge in [0, 0.05) is 34.7 Å². The van der Waals surface area contributed by atoms with Crippen molar-refractivity contribution in [3.8, 4) is 11.4 Å². The molecule has 27 heavy (non-hydrogen) atoms.